The van der Waals surface area contributed by atoms with Crippen LogP contribution in [0.2, 0.25) is 0 Å². The van der Waals surface area contributed by atoms with E-state index >= 15 is 0 Å². The Bertz CT molecular complexity index is 174. The molecule has 1 nitrogen and oxygen atoms in total. The monoisotopic (exact) mass is 251 g/mol. The Hall–Kier alpha value is 0.779. The number of rotatable bonds is 1. The first-order valence-electron chi connectivity index (χ1n) is 2.08. The molecule has 0 atom stereocenters. The zero-order valence-electron chi connectivity index (χ0n) is 4.42. The third-order valence-electron chi connectivity index (χ3n) is 0.675. The maximum absolute atomic E-state index is 4.27. The zero-order chi connectivity index (χ0) is 5.98. The Morgan fingerprint density at radius 2 is 2.62 bits per heavy atom. The van der Waals surface area contributed by atoms with Crippen LogP contribution in [0.5, 0.6) is 0 Å². The minimum absolute atomic E-state index is 1.14. The van der Waals surface area contributed by atoms with Gasteiger partial charge in [0, 0.05) is 0 Å². The van der Waals surface area contributed by atoms with Crippen LogP contribution in [-0.4, -0.2) is 33.8 Å². The molecule has 0 bridgehead atoms. The van der Waals surface area contributed by atoms with E-state index in [-0.39, 0.29) is 0 Å². The van der Waals surface area contributed by atoms with Gasteiger partial charge in [0.15, 0.2) is 0 Å². The molecule has 0 saturated heterocycles. The van der Waals surface area contributed by atoms with Crippen molar-refractivity contribution < 1.29 is 0 Å². The van der Waals surface area contributed by atoms with E-state index in [1.807, 2.05) is 0 Å². The normalized spacial score (nSPS) is 9.75. The van der Waals surface area contributed by atoms with Gasteiger partial charge in [-0.3, -0.25) is 0 Å². The summed E-state index contributed by atoms with van der Waals surface area (Å²) < 4.78 is 2.44. The van der Waals surface area contributed by atoms with E-state index in [1.165, 1.54) is 8.05 Å². The van der Waals surface area contributed by atoms with Gasteiger partial charge in [-0.15, -0.1) is 0 Å². The summed E-state index contributed by atoms with van der Waals surface area (Å²) in [6.07, 6.45) is 2.05. The molecule has 0 spiro atoms. The summed E-state index contributed by atoms with van der Waals surface area (Å²) in [6.45, 7) is 0. The van der Waals surface area contributed by atoms with Gasteiger partial charge in [0.05, 0.1) is 0 Å². The molecule has 8 heavy (non-hydrogen) atoms. The Labute approximate surface area is 70.0 Å². The summed E-state index contributed by atoms with van der Waals surface area (Å²) in [6, 6.07) is 0. The predicted molar refractivity (Wildman–Crippen MR) is 40.7 cm³/mol. The molecule has 4 heteroatoms. The summed E-state index contributed by atoms with van der Waals surface area (Å²) in [5.74, 6) is 0. The second-order valence-corrected chi connectivity index (χ2v) is 4.84. The second kappa shape index (κ2) is 3.08. The molecule has 0 fully saturated rings. The van der Waals surface area contributed by atoms with Gasteiger partial charge >= 0.3 is 70.3 Å². The summed E-state index contributed by atoms with van der Waals surface area (Å²) >= 11 is 4.60. The van der Waals surface area contributed by atoms with Crippen molar-refractivity contribution in [3.8, 4) is 0 Å². The van der Waals surface area contributed by atoms with Crippen LogP contribution in [0.25, 0.3) is 0 Å². The minimum atomic E-state index is 1.14. The van der Waals surface area contributed by atoms with E-state index in [4.69, 9.17) is 0 Å². The molecule has 0 aromatic carbocycles. The second-order valence-electron chi connectivity index (χ2n) is 1.24. The van der Waals surface area contributed by atoms with Crippen molar-refractivity contribution in [2.45, 2.75) is 4.34 Å². The van der Waals surface area contributed by atoms with Gasteiger partial charge in [-0.2, -0.15) is 0 Å². The molecule has 0 aliphatic rings. The van der Waals surface area contributed by atoms with Crippen LogP contribution in [-0.2, 0) is 0 Å². The van der Waals surface area contributed by atoms with Crippen LogP contribution in [0.15, 0.2) is 9.72 Å². The molecule has 0 aliphatic heterocycles. The van der Waals surface area contributed by atoms with Crippen molar-refractivity contribution in [3.05, 3.63) is 5.38 Å². The van der Waals surface area contributed by atoms with Crippen LogP contribution < -0.4 is 3.71 Å². The van der Waals surface area contributed by atoms with E-state index in [9.17, 15) is 0 Å². The van der Waals surface area contributed by atoms with Crippen LogP contribution in [0.1, 0.15) is 0 Å². The SMILES string of the molecule is CSc1n[c]([SnH])cs1. The van der Waals surface area contributed by atoms with E-state index in [2.05, 4.69) is 16.6 Å². The van der Waals surface area contributed by atoms with Crippen molar-refractivity contribution in [3.63, 3.8) is 0 Å². The van der Waals surface area contributed by atoms with Crippen molar-refractivity contribution in [2.24, 2.45) is 0 Å². The van der Waals surface area contributed by atoms with Crippen molar-refractivity contribution >= 4 is 49.3 Å². The Morgan fingerprint density at radius 3 is 2.88 bits per heavy atom. The van der Waals surface area contributed by atoms with E-state index < -0.39 is 0 Å². The van der Waals surface area contributed by atoms with Crippen LogP contribution >= 0.6 is 23.1 Å². The fourth-order valence-corrected chi connectivity index (χ4v) is 3.01. The number of thioether (sulfide) groups is 1. The van der Waals surface area contributed by atoms with Gasteiger partial charge in [0.2, 0.25) is 0 Å². The van der Waals surface area contributed by atoms with Crippen LogP contribution in [0, 0.1) is 0 Å². The van der Waals surface area contributed by atoms with Crippen LogP contribution in [0.4, 0.5) is 0 Å². The van der Waals surface area contributed by atoms with Crippen molar-refractivity contribution in [2.75, 3.05) is 6.26 Å². The Morgan fingerprint density at radius 1 is 1.88 bits per heavy atom. The molecule has 2 radical (unpaired) electrons. The molecule has 0 unspecified atom stereocenters. The summed E-state index contributed by atoms with van der Waals surface area (Å²) in [4.78, 5) is 4.27. The topological polar surface area (TPSA) is 12.9 Å². The first-order valence-corrected chi connectivity index (χ1v) is 5.83. The van der Waals surface area contributed by atoms with Gasteiger partial charge in [0.1, 0.15) is 0 Å². The molecule has 0 N–H and O–H groups in total. The van der Waals surface area contributed by atoms with Gasteiger partial charge in [0.25, 0.3) is 0 Å². The molecule has 0 aliphatic carbocycles. The Balaban J connectivity index is 2.84. The first-order chi connectivity index (χ1) is 3.83. The number of thiazole rings is 1. The standard InChI is InChI=1S/C4H4NS2.Sn.H/c1-6-4-5-2-3-7-4;;/h3H,1H3;;. The average Bonchev–Trinajstić information content (AvgIpc) is 2.14. The third kappa shape index (κ3) is 1.63. The molecule has 1 rings (SSSR count). The molecule has 42 valence electrons. The predicted octanol–water partition coefficient (Wildman–Crippen LogP) is 0.391. The third-order valence-corrected chi connectivity index (χ3v) is 4.09. The molecular weight excluding hydrogens is 245 g/mol. The summed E-state index contributed by atoms with van der Waals surface area (Å²) in [5, 5.41) is 2.12. The number of nitrogens with zero attached hydrogens (tertiary/aromatic N) is 1. The van der Waals surface area contributed by atoms with E-state index in [0.717, 1.165) is 22.5 Å². The fourth-order valence-electron chi connectivity index (χ4n) is 0.363. The van der Waals surface area contributed by atoms with Crippen molar-refractivity contribution in [1.29, 1.82) is 0 Å². The van der Waals surface area contributed by atoms with Gasteiger partial charge in [-0.1, -0.05) is 0 Å². The number of aromatic nitrogens is 1. The zero-order valence-corrected chi connectivity index (χ0v) is 9.35. The van der Waals surface area contributed by atoms with E-state index in [1.54, 1.807) is 23.1 Å². The molecule has 1 aromatic heterocycles. The number of hydrogen-bond acceptors (Lipinski definition) is 3. The van der Waals surface area contributed by atoms with Crippen LogP contribution in [0.3, 0.4) is 0 Å². The Kier molecular flexibility index (Phi) is 2.65. The van der Waals surface area contributed by atoms with E-state index in [0.29, 0.717) is 0 Å². The first kappa shape index (κ1) is 6.89. The average molecular weight is 250 g/mol. The fraction of sp³-hybridized carbons (Fsp3) is 0.250. The number of hydrogen-bond donors (Lipinski definition) is 0. The quantitative estimate of drug-likeness (QED) is 0.528. The molecular formula is C4H5NS2Sn. The van der Waals surface area contributed by atoms with Gasteiger partial charge in [-0.25, -0.2) is 0 Å². The summed E-state index contributed by atoms with van der Waals surface area (Å²) in [5.41, 5.74) is 0. The molecule has 0 amide bonds. The maximum atomic E-state index is 4.27. The molecule has 0 saturated carbocycles. The summed E-state index contributed by atoms with van der Waals surface area (Å²) in [7, 11) is 0. The van der Waals surface area contributed by atoms with Gasteiger partial charge in [-0.05, 0) is 0 Å². The van der Waals surface area contributed by atoms with Gasteiger partial charge < -0.3 is 0 Å². The van der Waals surface area contributed by atoms with Crippen molar-refractivity contribution in [1.82, 2.24) is 4.98 Å². The molecule has 1 aromatic rings. The molecule has 1 heterocycles.